The summed E-state index contributed by atoms with van der Waals surface area (Å²) in [6, 6.07) is 8.36. The Morgan fingerprint density at radius 3 is 2.80 bits per heavy atom. The van der Waals surface area contributed by atoms with E-state index in [1.54, 1.807) is 24.5 Å². The van der Waals surface area contributed by atoms with E-state index < -0.39 is 12.1 Å². The molecule has 1 aromatic carbocycles. The summed E-state index contributed by atoms with van der Waals surface area (Å²) in [5.74, 6) is 0.175. The van der Waals surface area contributed by atoms with Gasteiger partial charge in [0.1, 0.15) is 23.6 Å². The van der Waals surface area contributed by atoms with Crippen LogP contribution in [0.25, 0.3) is 22.2 Å². The summed E-state index contributed by atoms with van der Waals surface area (Å²) in [6.45, 7) is 2.10. The monoisotopic (exact) mass is 463 g/mol. The Bertz CT molecular complexity index is 1600. The van der Waals surface area contributed by atoms with E-state index in [2.05, 4.69) is 39.3 Å². The fourth-order valence-electron chi connectivity index (χ4n) is 5.14. The zero-order valence-corrected chi connectivity index (χ0v) is 18.9. The number of aliphatic imine (C=N–C) groups is 1. The number of anilines is 1. The van der Waals surface area contributed by atoms with Crippen LogP contribution in [0, 0.1) is 6.92 Å². The number of aromatic amines is 1. The molecule has 4 aromatic rings. The van der Waals surface area contributed by atoms with Gasteiger partial charge in [0.25, 0.3) is 0 Å². The topological polar surface area (TPSA) is 115 Å². The van der Waals surface area contributed by atoms with Crippen LogP contribution in [-0.2, 0) is 0 Å². The van der Waals surface area contributed by atoms with Gasteiger partial charge in [-0.2, -0.15) is 0 Å². The number of rotatable bonds is 3. The Morgan fingerprint density at radius 2 is 1.94 bits per heavy atom. The number of imidazole rings is 1. The van der Waals surface area contributed by atoms with E-state index in [-0.39, 0.29) is 12.2 Å². The molecule has 5 heterocycles. The average Bonchev–Trinajstić information content (AvgIpc) is 3.52. The van der Waals surface area contributed by atoms with Gasteiger partial charge in [0, 0.05) is 29.7 Å². The lowest BCUT2D eigenvalue weighted by Crippen LogP contribution is -2.15. The highest BCUT2D eigenvalue weighted by Gasteiger charge is 2.44. The van der Waals surface area contributed by atoms with Gasteiger partial charge in [0.2, 0.25) is 0 Å². The van der Waals surface area contributed by atoms with Crippen molar-refractivity contribution in [1.82, 2.24) is 25.3 Å². The van der Waals surface area contributed by atoms with E-state index in [4.69, 9.17) is 15.7 Å². The first-order valence-corrected chi connectivity index (χ1v) is 11.6. The number of pyridine rings is 2. The molecule has 1 fully saturated rings. The SMILES string of the molecule is Cc1cc2c(cc1-c1cncc(N)c1)C(c1nc3c(C4C=CC=CC4F)nccc3[nH]1)=NC1NC21. The number of nitrogens with two attached hydrogens (primary N) is 1. The number of allylic oxidation sites excluding steroid dienone is 4. The van der Waals surface area contributed by atoms with Crippen molar-refractivity contribution in [3.63, 3.8) is 0 Å². The summed E-state index contributed by atoms with van der Waals surface area (Å²) in [6.07, 6.45) is 11.0. The van der Waals surface area contributed by atoms with Gasteiger partial charge < -0.3 is 10.7 Å². The number of hydrogen-bond acceptors (Lipinski definition) is 6. The molecule has 7 rings (SSSR count). The normalized spacial score (nSPS) is 24.2. The predicted molar refractivity (Wildman–Crippen MR) is 134 cm³/mol. The van der Waals surface area contributed by atoms with Gasteiger partial charge in [-0.25, -0.2) is 9.37 Å². The Morgan fingerprint density at radius 1 is 1.06 bits per heavy atom. The van der Waals surface area contributed by atoms with Crippen LogP contribution < -0.4 is 11.1 Å². The molecule has 172 valence electrons. The van der Waals surface area contributed by atoms with Crippen LogP contribution in [-0.4, -0.2) is 38.0 Å². The molecule has 4 unspecified atom stereocenters. The van der Waals surface area contributed by atoms with E-state index in [0.29, 0.717) is 22.7 Å². The molecule has 0 bridgehead atoms. The van der Waals surface area contributed by atoms with Gasteiger partial charge in [-0.05, 0) is 47.9 Å². The number of benzene rings is 1. The second-order valence-corrected chi connectivity index (χ2v) is 9.25. The first-order valence-electron chi connectivity index (χ1n) is 11.6. The standard InChI is InChI=1S/C27H22FN7/c1-13-8-18-19(10-17(13)14-9-15(29)12-30-11-14)24(34-27-23(18)33-27)26-32-21-6-7-31-22(25(21)35-26)16-4-2-3-5-20(16)28/h2-12,16,20,23,27,33H,29H2,1H3,(H,32,35). The highest BCUT2D eigenvalue weighted by molar-refractivity contribution is 6.14. The summed E-state index contributed by atoms with van der Waals surface area (Å²) in [5.41, 5.74) is 14.9. The van der Waals surface area contributed by atoms with Crippen molar-refractivity contribution in [2.75, 3.05) is 5.73 Å². The molecule has 1 saturated heterocycles. The van der Waals surface area contributed by atoms with Crippen LogP contribution in [0.3, 0.4) is 0 Å². The number of halogens is 1. The molecule has 4 atom stereocenters. The largest absolute Gasteiger partial charge is 0.397 e. The number of alkyl halides is 1. The molecule has 2 aliphatic heterocycles. The quantitative estimate of drug-likeness (QED) is 0.392. The number of nitrogens with one attached hydrogen (secondary N) is 2. The van der Waals surface area contributed by atoms with E-state index in [9.17, 15) is 4.39 Å². The van der Waals surface area contributed by atoms with E-state index in [1.165, 1.54) is 5.56 Å². The van der Waals surface area contributed by atoms with Gasteiger partial charge in [-0.15, -0.1) is 0 Å². The summed E-state index contributed by atoms with van der Waals surface area (Å²) in [7, 11) is 0. The van der Waals surface area contributed by atoms with Gasteiger partial charge in [0.05, 0.1) is 28.9 Å². The fourth-order valence-corrected chi connectivity index (χ4v) is 5.14. The maximum atomic E-state index is 14.7. The van der Waals surface area contributed by atoms with Crippen molar-refractivity contribution in [3.8, 4) is 11.1 Å². The molecule has 0 spiro atoms. The molecule has 0 amide bonds. The highest BCUT2D eigenvalue weighted by atomic mass is 19.1. The summed E-state index contributed by atoms with van der Waals surface area (Å²) < 4.78 is 14.7. The van der Waals surface area contributed by atoms with Gasteiger partial charge in [-0.1, -0.05) is 24.3 Å². The number of H-pyrrole nitrogens is 1. The number of aryl methyl sites for hydroxylation is 1. The predicted octanol–water partition coefficient (Wildman–Crippen LogP) is 4.28. The van der Waals surface area contributed by atoms with Crippen molar-refractivity contribution >= 4 is 22.4 Å². The Hall–Kier alpha value is -4.17. The van der Waals surface area contributed by atoms with E-state index >= 15 is 0 Å². The zero-order chi connectivity index (χ0) is 23.7. The van der Waals surface area contributed by atoms with E-state index in [1.807, 2.05) is 30.5 Å². The molecule has 8 heteroatoms. The fraction of sp³-hybridized carbons (Fsp3) is 0.185. The molecular formula is C27H22FN7. The van der Waals surface area contributed by atoms with Crippen LogP contribution in [0.1, 0.15) is 40.2 Å². The van der Waals surface area contributed by atoms with Gasteiger partial charge in [0.15, 0.2) is 5.82 Å². The van der Waals surface area contributed by atoms with Crippen LogP contribution in [0.15, 0.2) is 72.2 Å². The molecule has 35 heavy (non-hydrogen) atoms. The Labute approximate surface area is 200 Å². The molecule has 0 radical (unpaired) electrons. The van der Waals surface area contributed by atoms with Crippen molar-refractivity contribution in [2.24, 2.45) is 4.99 Å². The third-order valence-electron chi connectivity index (χ3n) is 6.92. The van der Waals surface area contributed by atoms with Gasteiger partial charge >= 0.3 is 0 Å². The number of hydrogen-bond donors (Lipinski definition) is 3. The second-order valence-electron chi connectivity index (χ2n) is 9.25. The maximum absolute atomic E-state index is 14.7. The van der Waals surface area contributed by atoms with Crippen molar-refractivity contribution in [3.05, 3.63) is 95.4 Å². The molecule has 3 aromatic heterocycles. The summed E-state index contributed by atoms with van der Waals surface area (Å²) in [5, 5.41) is 3.44. The van der Waals surface area contributed by atoms with Crippen LogP contribution >= 0.6 is 0 Å². The smallest absolute Gasteiger partial charge is 0.157 e. The highest BCUT2D eigenvalue weighted by Crippen LogP contribution is 2.42. The van der Waals surface area contributed by atoms with E-state index in [0.717, 1.165) is 33.5 Å². The first-order chi connectivity index (χ1) is 17.1. The number of nitrogen functional groups attached to an aromatic ring is 1. The lowest BCUT2D eigenvalue weighted by Gasteiger charge is -2.18. The Balaban J connectivity index is 1.37. The average molecular weight is 464 g/mol. The minimum Gasteiger partial charge on any atom is -0.397 e. The minimum atomic E-state index is -1.14. The van der Waals surface area contributed by atoms with Crippen LogP contribution in [0.2, 0.25) is 0 Å². The molecule has 1 aliphatic carbocycles. The number of aromatic nitrogens is 4. The first kappa shape index (κ1) is 20.2. The third kappa shape index (κ3) is 3.21. The number of fused-ring (bicyclic) bond motifs is 4. The van der Waals surface area contributed by atoms with Crippen LogP contribution in [0.4, 0.5) is 10.1 Å². The van der Waals surface area contributed by atoms with Crippen molar-refractivity contribution < 1.29 is 4.39 Å². The molecule has 7 nitrogen and oxygen atoms in total. The Kier molecular flexibility index (Phi) is 4.28. The minimum absolute atomic E-state index is 0.0317. The molecular weight excluding hydrogens is 441 g/mol. The van der Waals surface area contributed by atoms with Crippen molar-refractivity contribution in [1.29, 1.82) is 0 Å². The second kappa shape index (κ2) is 7.41. The number of nitrogens with zero attached hydrogens (tertiary/aromatic N) is 4. The van der Waals surface area contributed by atoms with Gasteiger partial charge in [-0.3, -0.25) is 20.3 Å². The zero-order valence-electron chi connectivity index (χ0n) is 18.9. The third-order valence-corrected chi connectivity index (χ3v) is 6.92. The maximum Gasteiger partial charge on any atom is 0.157 e. The summed E-state index contributed by atoms with van der Waals surface area (Å²) in [4.78, 5) is 22.0. The lowest BCUT2D eigenvalue weighted by molar-refractivity contribution is 0.366. The molecule has 0 saturated carbocycles. The molecule has 3 aliphatic rings. The lowest BCUT2D eigenvalue weighted by atomic mass is 9.89. The molecule has 4 N–H and O–H groups in total. The summed E-state index contributed by atoms with van der Waals surface area (Å²) >= 11 is 0. The van der Waals surface area contributed by atoms with Crippen LogP contribution in [0.5, 0.6) is 0 Å². The van der Waals surface area contributed by atoms with Crippen molar-refractivity contribution in [2.45, 2.75) is 31.2 Å².